The highest BCUT2D eigenvalue weighted by atomic mass is 16.1. The zero-order chi connectivity index (χ0) is 19.4. The Hall–Kier alpha value is -3.40. The Kier molecular flexibility index (Phi) is 5.36. The molecule has 3 N–H and O–H groups in total. The number of hydrogen-bond acceptors (Lipinski definition) is 3. The van der Waals surface area contributed by atoms with Gasteiger partial charge in [0.2, 0.25) is 0 Å². The normalized spacial score (nSPS) is 10.4. The predicted octanol–water partition coefficient (Wildman–Crippen LogP) is 4.56. The lowest BCUT2D eigenvalue weighted by molar-refractivity contribution is 0.0994. The summed E-state index contributed by atoms with van der Waals surface area (Å²) in [6.07, 6.45) is 0.185. The first kappa shape index (κ1) is 18.4. The highest BCUT2D eigenvalue weighted by Crippen LogP contribution is 2.22. The summed E-state index contributed by atoms with van der Waals surface area (Å²) in [4.78, 5) is 25.5. The third-order valence-corrected chi connectivity index (χ3v) is 4.51. The quantitative estimate of drug-likeness (QED) is 0.519. The highest BCUT2D eigenvalue weighted by Gasteiger charge is 2.16. The van der Waals surface area contributed by atoms with Crippen LogP contribution in [0.25, 0.3) is 0 Å². The van der Waals surface area contributed by atoms with Gasteiger partial charge in [0.05, 0.1) is 5.69 Å². The fraction of sp³-hybridized carbons (Fsp3) is 0.130. The van der Waals surface area contributed by atoms with E-state index in [1.165, 1.54) is 0 Å². The number of nitrogens with two attached hydrogens (primary N) is 1. The molecule has 0 unspecified atom stereocenters. The third-order valence-electron chi connectivity index (χ3n) is 4.51. The number of para-hydroxylation sites is 1. The molecular weight excluding hydrogens is 336 g/mol. The molecule has 4 heteroatoms. The van der Waals surface area contributed by atoms with Gasteiger partial charge in [-0.1, -0.05) is 48.0 Å². The number of nitrogens with one attached hydrogen (secondary N) is 1. The van der Waals surface area contributed by atoms with Crippen LogP contribution in [0, 0.1) is 13.8 Å². The number of carbonyl (C=O) groups excluding carboxylic acids is 2. The van der Waals surface area contributed by atoms with Crippen LogP contribution in [0.5, 0.6) is 0 Å². The average Bonchev–Trinajstić information content (AvgIpc) is 2.65. The summed E-state index contributed by atoms with van der Waals surface area (Å²) in [6.45, 7) is 3.84. The molecule has 0 fully saturated rings. The predicted molar refractivity (Wildman–Crippen MR) is 109 cm³/mol. The van der Waals surface area contributed by atoms with Gasteiger partial charge in [0.25, 0.3) is 5.91 Å². The van der Waals surface area contributed by atoms with Gasteiger partial charge in [0.1, 0.15) is 0 Å². The standard InChI is InChI=1S/C23H22N2O2/c1-15-11-12-20(24)17(13-15)14-22(26)19-9-5-6-10-21(19)25-23(27)18-8-4-3-7-16(18)2/h3-13H,14,24H2,1-2H3,(H,25,27). The SMILES string of the molecule is Cc1ccc(N)c(CC(=O)c2ccccc2NC(=O)c2ccccc2C)c1. The van der Waals surface area contributed by atoms with Crippen molar-refractivity contribution >= 4 is 23.1 Å². The largest absolute Gasteiger partial charge is 0.398 e. The number of carbonyl (C=O) groups is 2. The van der Waals surface area contributed by atoms with Crippen molar-refractivity contribution in [2.45, 2.75) is 20.3 Å². The van der Waals surface area contributed by atoms with Crippen molar-refractivity contribution in [3.05, 3.63) is 94.5 Å². The molecule has 0 saturated heterocycles. The molecular formula is C23H22N2O2. The number of nitrogen functional groups attached to an aromatic ring is 1. The number of ketones is 1. The Labute approximate surface area is 159 Å². The van der Waals surface area contributed by atoms with Gasteiger partial charge in [0, 0.05) is 23.2 Å². The third kappa shape index (κ3) is 4.23. The molecule has 0 atom stereocenters. The summed E-state index contributed by atoms with van der Waals surface area (Å²) in [5.74, 6) is -0.323. The van der Waals surface area contributed by atoms with Crippen LogP contribution in [0.1, 0.15) is 37.4 Å². The van der Waals surface area contributed by atoms with Crippen molar-refractivity contribution in [2.24, 2.45) is 0 Å². The first-order valence-electron chi connectivity index (χ1n) is 8.80. The molecule has 0 heterocycles. The average molecular weight is 358 g/mol. The minimum absolute atomic E-state index is 0.0898. The van der Waals surface area contributed by atoms with Crippen LogP contribution >= 0.6 is 0 Å². The molecule has 0 aliphatic rings. The van der Waals surface area contributed by atoms with Crippen LogP contribution in [0.3, 0.4) is 0 Å². The van der Waals surface area contributed by atoms with E-state index in [4.69, 9.17) is 5.73 Å². The van der Waals surface area contributed by atoms with Crippen LogP contribution in [0.4, 0.5) is 11.4 Å². The Morgan fingerprint density at radius 1 is 0.889 bits per heavy atom. The van der Waals surface area contributed by atoms with Crippen molar-refractivity contribution in [3.63, 3.8) is 0 Å². The molecule has 0 aliphatic heterocycles. The van der Waals surface area contributed by atoms with E-state index in [1.807, 2.05) is 50.2 Å². The van der Waals surface area contributed by atoms with E-state index < -0.39 is 0 Å². The van der Waals surface area contributed by atoms with Gasteiger partial charge in [-0.25, -0.2) is 0 Å². The molecule has 0 aliphatic carbocycles. The van der Waals surface area contributed by atoms with Gasteiger partial charge < -0.3 is 11.1 Å². The second kappa shape index (κ2) is 7.87. The highest BCUT2D eigenvalue weighted by molar-refractivity contribution is 6.10. The molecule has 0 radical (unpaired) electrons. The fourth-order valence-electron chi connectivity index (χ4n) is 3.01. The number of hydrogen-bond donors (Lipinski definition) is 2. The van der Waals surface area contributed by atoms with Crippen LogP contribution < -0.4 is 11.1 Å². The smallest absolute Gasteiger partial charge is 0.255 e. The molecule has 0 aromatic heterocycles. The van der Waals surface area contributed by atoms with E-state index in [0.29, 0.717) is 22.5 Å². The van der Waals surface area contributed by atoms with Gasteiger partial charge >= 0.3 is 0 Å². The second-order valence-electron chi connectivity index (χ2n) is 6.62. The van der Waals surface area contributed by atoms with Gasteiger partial charge in [-0.15, -0.1) is 0 Å². The maximum atomic E-state index is 12.9. The maximum absolute atomic E-state index is 12.9. The molecule has 1 amide bonds. The molecule has 0 bridgehead atoms. The Morgan fingerprint density at radius 3 is 2.30 bits per heavy atom. The second-order valence-corrected chi connectivity index (χ2v) is 6.62. The zero-order valence-corrected chi connectivity index (χ0v) is 15.5. The van der Waals surface area contributed by atoms with Crippen molar-refractivity contribution in [3.8, 4) is 0 Å². The summed E-state index contributed by atoms with van der Waals surface area (Å²) in [6, 6.07) is 20.0. The number of Topliss-reactive ketones (excluding diaryl/α,β-unsaturated/α-hetero) is 1. The summed E-state index contributed by atoms with van der Waals surface area (Å²) in [5.41, 5.74) is 10.9. The van der Waals surface area contributed by atoms with Crippen molar-refractivity contribution in [2.75, 3.05) is 11.1 Å². The molecule has 136 valence electrons. The summed E-state index contributed by atoms with van der Waals surface area (Å²) in [5, 5.41) is 2.87. The van der Waals surface area contributed by atoms with E-state index in [2.05, 4.69) is 5.32 Å². The van der Waals surface area contributed by atoms with Crippen molar-refractivity contribution in [1.82, 2.24) is 0 Å². The van der Waals surface area contributed by atoms with Gasteiger partial charge in [-0.2, -0.15) is 0 Å². The van der Waals surface area contributed by atoms with Gasteiger partial charge in [-0.3, -0.25) is 9.59 Å². The number of amides is 1. The number of anilines is 2. The van der Waals surface area contributed by atoms with E-state index in [-0.39, 0.29) is 18.1 Å². The van der Waals surface area contributed by atoms with Gasteiger partial charge in [-0.05, 0) is 49.2 Å². The zero-order valence-electron chi connectivity index (χ0n) is 15.5. The number of rotatable bonds is 5. The Balaban J connectivity index is 1.85. The first-order chi connectivity index (χ1) is 13.0. The van der Waals surface area contributed by atoms with E-state index in [0.717, 1.165) is 16.7 Å². The summed E-state index contributed by atoms with van der Waals surface area (Å²) < 4.78 is 0. The number of benzene rings is 3. The maximum Gasteiger partial charge on any atom is 0.255 e. The van der Waals surface area contributed by atoms with Crippen LogP contribution in [0.15, 0.2) is 66.7 Å². The fourth-order valence-corrected chi connectivity index (χ4v) is 3.01. The Morgan fingerprint density at radius 2 is 1.56 bits per heavy atom. The topological polar surface area (TPSA) is 72.2 Å². The van der Waals surface area contributed by atoms with E-state index in [1.54, 1.807) is 30.3 Å². The monoisotopic (exact) mass is 358 g/mol. The first-order valence-corrected chi connectivity index (χ1v) is 8.80. The lowest BCUT2D eigenvalue weighted by Crippen LogP contribution is -2.16. The van der Waals surface area contributed by atoms with E-state index in [9.17, 15) is 9.59 Å². The van der Waals surface area contributed by atoms with Crippen LogP contribution in [-0.2, 0) is 6.42 Å². The van der Waals surface area contributed by atoms with E-state index >= 15 is 0 Å². The minimum atomic E-state index is -0.233. The molecule has 3 aromatic carbocycles. The summed E-state index contributed by atoms with van der Waals surface area (Å²) in [7, 11) is 0. The van der Waals surface area contributed by atoms with Crippen LogP contribution in [-0.4, -0.2) is 11.7 Å². The van der Waals surface area contributed by atoms with Gasteiger partial charge in [0.15, 0.2) is 5.78 Å². The molecule has 0 saturated carbocycles. The lowest BCUT2D eigenvalue weighted by Gasteiger charge is -2.12. The molecule has 3 rings (SSSR count). The molecule has 27 heavy (non-hydrogen) atoms. The molecule has 4 nitrogen and oxygen atoms in total. The van der Waals surface area contributed by atoms with Crippen LogP contribution in [0.2, 0.25) is 0 Å². The van der Waals surface area contributed by atoms with Crippen molar-refractivity contribution < 1.29 is 9.59 Å². The van der Waals surface area contributed by atoms with Crippen molar-refractivity contribution in [1.29, 1.82) is 0 Å². The lowest BCUT2D eigenvalue weighted by atomic mass is 9.99. The molecule has 0 spiro atoms. The summed E-state index contributed by atoms with van der Waals surface area (Å²) >= 11 is 0. The number of aryl methyl sites for hydroxylation is 2. The Bertz CT molecular complexity index is 1010. The minimum Gasteiger partial charge on any atom is -0.398 e. The molecule has 3 aromatic rings.